The average Bonchev–Trinajstić information content (AvgIpc) is 2.98. The highest BCUT2D eigenvalue weighted by molar-refractivity contribution is 7.89. The van der Waals surface area contributed by atoms with E-state index < -0.39 is 16.0 Å². The maximum Gasteiger partial charge on any atom is 0.335 e. The fourth-order valence-corrected chi connectivity index (χ4v) is 3.57. The number of rotatable bonds is 7. The summed E-state index contributed by atoms with van der Waals surface area (Å²) in [6, 6.07) is 4.02. The molecule has 1 aromatic rings. The molecule has 1 aliphatic rings. The van der Waals surface area contributed by atoms with Crippen LogP contribution in [0.4, 0.5) is 5.69 Å². The minimum atomic E-state index is -3.76. The van der Waals surface area contributed by atoms with Crippen LogP contribution in [-0.4, -0.2) is 45.3 Å². The van der Waals surface area contributed by atoms with E-state index in [4.69, 9.17) is 9.84 Å². The predicted molar refractivity (Wildman–Crippen MR) is 81.7 cm³/mol. The van der Waals surface area contributed by atoms with E-state index in [0.29, 0.717) is 18.8 Å². The van der Waals surface area contributed by atoms with E-state index in [9.17, 15) is 13.2 Å². The van der Waals surface area contributed by atoms with Gasteiger partial charge in [-0.15, -0.1) is 0 Å². The Morgan fingerprint density at radius 1 is 1.45 bits per heavy atom. The van der Waals surface area contributed by atoms with Gasteiger partial charge >= 0.3 is 5.97 Å². The van der Waals surface area contributed by atoms with Crippen LogP contribution in [0.1, 0.15) is 30.1 Å². The van der Waals surface area contributed by atoms with Crippen molar-refractivity contribution in [1.29, 1.82) is 0 Å². The molecule has 1 atom stereocenters. The van der Waals surface area contributed by atoms with Gasteiger partial charge in [-0.05, 0) is 31.0 Å². The number of carboxylic acids is 1. The van der Waals surface area contributed by atoms with Crippen LogP contribution < -0.4 is 10.0 Å². The molecule has 0 saturated carbocycles. The van der Waals surface area contributed by atoms with Crippen LogP contribution in [0.15, 0.2) is 23.1 Å². The van der Waals surface area contributed by atoms with Crippen LogP contribution in [0.25, 0.3) is 0 Å². The Bertz CT molecular complexity index is 639. The number of nitrogens with one attached hydrogen (secondary N) is 2. The highest BCUT2D eigenvalue weighted by Crippen LogP contribution is 2.24. The Morgan fingerprint density at radius 2 is 2.23 bits per heavy atom. The molecular weight excluding hydrogens is 308 g/mol. The van der Waals surface area contributed by atoms with Crippen molar-refractivity contribution in [2.24, 2.45) is 0 Å². The molecule has 7 nitrogen and oxygen atoms in total. The normalized spacial score (nSPS) is 18.3. The lowest BCUT2D eigenvalue weighted by molar-refractivity contribution is 0.0696. The smallest absolute Gasteiger partial charge is 0.335 e. The molecule has 0 aliphatic carbocycles. The van der Waals surface area contributed by atoms with Gasteiger partial charge in [0.15, 0.2) is 0 Å². The first-order valence-electron chi connectivity index (χ1n) is 7.16. The molecule has 0 bridgehead atoms. The van der Waals surface area contributed by atoms with Gasteiger partial charge in [-0.1, -0.05) is 6.92 Å². The number of hydrogen-bond donors (Lipinski definition) is 3. The summed E-state index contributed by atoms with van der Waals surface area (Å²) in [5, 5.41) is 12.1. The summed E-state index contributed by atoms with van der Waals surface area (Å²) in [7, 11) is -3.76. The summed E-state index contributed by atoms with van der Waals surface area (Å²) in [4.78, 5) is 11.0. The Kier molecular flexibility index (Phi) is 5.38. The summed E-state index contributed by atoms with van der Waals surface area (Å²) < 4.78 is 32.4. The maximum absolute atomic E-state index is 12.2. The van der Waals surface area contributed by atoms with Crippen molar-refractivity contribution in [2.45, 2.75) is 30.8 Å². The molecule has 1 aromatic carbocycles. The van der Waals surface area contributed by atoms with E-state index in [1.807, 2.05) is 0 Å². The zero-order valence-corrected chi connectivity index (χ0v) is 13.1. The maximum atomic E-state index is 12.2. The first kappa shape index (κ1) is 16.7. The molecule has 1 aliphatic heterocycles. The standard InChI is InChI=1S/C14H20N2O5S/c1-2-16-22(19,20)13-8-10(14(17)18)5-6-12(13)15-9-11-4-3-7-21-11/h5-6,8,11,15-16H,2-4,7,9H2,1H3,(H,17,18). The molecule has 1 saturated heterocycles. The molecule has 0 amide bonds. The highest BCUT2D eigenvalue weighted by atomic mass is 32.2. The fourth-order valence-electron chi connectivity index (χ4n) is 2.32. The van der Waals surface area contributed by atoms with E-state index in [1.165, 1.54) is 12.1 Å². The van der Waals surface area contributed by atoms with Crippen LogP contribution in [0, 0.1) is 0 Å². The third-order valence-electron chi connectivity index (χ3n) is 3.40. The number of ether oxygens (including phenoxy) is 1. The zero-order valence-electron chi connectivity index (χ0n) is 12.3. The molecule has 1 fully saturated rings. The van der Waals surface area contributed by atoms with Gasteiger partial charge in [0.2, 0.25) is 10.0 Å². The Hall–Kier alpha value is -1.64. The number of carbonyl (C=O) groups is 1. The van der Waals surface area contributed by atoms with Crippen molar-refractivity contribution in [2.75, 3.05) is 25.0 Å². The molecule has 1 unspecified atom stereocenters. The first-order valence-corrected chi connectivity index (χ1v) is 8.65. The number of hydrogen-bond acceptors (Lipinski definition) is 5. The SMILES string of the molecule is CCNS(=O)(=O)c1cc(C(=O)O)ccc1NCC1CCCO1. The molecule has 3 N–H and O–H groups in total. The third-order valence-corrected chi connectivity index (χ3v) is 4.98. The third kappa shape index (κ3) is 3.96. The lowest BCUT2D eigenvalue weighted by atomic mass is 10.2. The number of aromatic carboxylic acids is 1. The van der Waals surface area contributed by atoms with Gasteiger partial charge in [-0.3, -0.25) is 0 Å². The van der Waals surface area contributed by atoms with Crippen molar-refractivity contribution in [3.05, 3.63) is 23.8 Å². The van der Waals surface area contributed by atoms with E-state index in [2.05, 4.69) is 10.0 Å². The van der Waals surface area contributed by atoms with Crippen molar-refractivity contribution in [1.82, 2.24) is 4.72 Å². The van der Waals surface area contributed by atoms with Crippen molar-refractivity contribution in [3.63, 3.8) is 0 Å². The van der Waals surface area contributed by atoms with Gasteiger partial charge in [0, 0.05) is 19.7 Å². The molecule has 0 spiro atoms. The summed E-state index contributed by atoms with van der Waals surface area (Å²) in [6.45, 7) is 3.09. The molecule has 2 rings (SSSR count). The Labute approximate surface area is 129 Å². The minimum Gasteiger partial charge on any atom is -0.478 e. The van der Waals surface area contributed by atoms with Crippen LogP contribution >= 0.6 is 0 Å². The molecule has 0 radical (unpaired) electrons. The van der Waals surface area contributed by atoms with Crippen LogP contribution in [0.3, 0.4) is 0 Å². The lowest BCUT2D eigenvalue weighted by Crippen LogP contribution is -2.26. The summed E-state index contributed by atoms with van der Waals surface area (Å²) in [5.41, 5.74) is 0.306. The van der Waals surface area contributed by atoms with Gasteiger partial charge in [-0.25, -0.2) is 17.9 Å². The lowest BCUT2D eigenvalue weighted by Gasteiger charge is -2.16. The highest BCUT2D eigenvalue weighted by Gasteiger charge is 2.21. The second kappa shape index (κ2) is 7.08. The monoisotopic (exact) mass is 328 g/mol. The predicted octanol–water partition coefficient (Wildman–Crippen LogP) is 1.27. The van der Waals surface area contributed by atoms with Crippen LogP contribution in [0.2, 0.25) is 0 Å². The van der Waals surface area contributed by atoms with Gasteiger partial charge in [0.25, 0.3) is 0 Å². The number of carboxylic acid groups (broad SMARTS) is 1. The van der Waals surface area contributed by atoms with Crippen LogP contribution in [-0.2, 0) is 14.8 Å². The van der Waals surface area contributed by atoms with Gasteiger partial charge in [-0.2, -0.15) is 0 Å². The molecule has 122 valence electrons. The van der Waals surface area contributed by atoms with Gasteiger partial charge in [0.1, 0.15) is 4.90 Å². The Morgan fingerprint density at radius 3 is 2.82 bits per heavy atom. The first-order chi connectivity index (χ1) is 10.4. The van der Waals surface area contributed by atoms with E-state index >= 15 is 0 Å². The summed E-state index contributed by atoms with van der Waals surface area (Å²) in [5.74, 6) is -1.17. The van der Waals surface area contributed by atoms with Gasteiger partial charge in [0.05, 0.1) is 17.4 Å². The fraction of sp³-hybridized carbons (Fsp3) is 0.500. The molecular formula is C14H20N2O5S. The van der Waals surface area contributed by atoms with Crippen molar-refractivity contribution < 1.29 is 23.1 Å². The van der Waals surface area contributed by atoms with E-state index in [-0.39, 0.29) is 23.1 Å². The van der Waals surface area contributed by atoms with Gasteiger partial charge < -0.3 is 15.2 Å². The number of sulfonamides is 1. The van der Waals surface area contributed by atoms with E-state index in [0.717, 1.165) is 18.9 Å². The number of anilines is 1. The minimum absolute atomic E-state index is 0.0499. The second-order valence-corrected chi connectivity index (χ2v) is 6.77. The Balaban J connectivity index is 2.28. The number of benzene rings is 1. The molecule has 8 heteroatoms. The summed E-state index contributed by atoms with van der Waals surface area (Å²) in [6.07, 6.45) is 1.97. The van der Waals surface area contributed by atoms with Crippen molar-refractivity contribution in [3.8, 4) is 0 Å². The molecule has 22 heavy (non-hydrogen) atoms. The largest absolute Gasteiger partial charge is 0.478 e. The van der Waals surface area contributed by atoms with E-state index in [1.54, 1.807) is 6.92 Å². The van der Waals surface area contributed by atoms with Crippen molar-refractivity contribution >= 4 is 21.7 Å². The molecule has 1 heterocycles. The van der Waals surface area contributed by atoms with Crippen LogP contribution in [0.5, 0.6) is 0 Å². The summed E-state index contributed by atoms with van der Waals surface area (Å²) >= 11 is 0. The average molecular weight is 328 g/mol. The topological polar surface area (TPSA) is 105 Å². The quantitative estimate of drug-likeness (QED) is 0.696. The molecule has 0 aromatic heterocycles. The second-order valence-electron chi connectivity index (χ2n) is 5.03. The zero-order chi connectivity index (χ0) is 16.2.